The molecule has 0 aliphatic heterocycles. The molecule has 0 saturated heterocycles. The van der Waals surface area contributed by atoms with Crippen LogP contribution in [0.25, 0.3) is 0 Å². The first-order chi connectivity index (χ1) is 15.3. The van der Waals surface area contributed by atoms with E-state index in [4.69, 9.17) is 24.8 Å². The molecule has 0 saturated carbocycles. The zero-order valence-corrected chi connectivity index (χ0v) is 19.0. The van der Waals surface area contributed by atoms with Crippen LogP contribution < -0.4 is 10.5 Å². The molecule has 0 aliphatic carbocycles. The third-order valence-corrected chi connectivity index (χ3v) is 4.44. The van der Waals surface area contributed by atoms with Crippen LogP contribution in [0.1, 0.15) is 64.4 Å². The molecule has 0 aliphatic rings. The van der Waals surface area contributed by atoms with Gasteiger partial charge in [-0.3, -0.25) is 0 Å². The quantitative estimate of drug-likeness (QED) is 0.124. The Morgan fingerprint density at radius 1 is 0.903 bits per heavy atom. The van der Waals surface area contributed by atoms with Crippen LogP contribution in [0.4, 0.5) is 0 Å². The summed E-state index contributed by atoms with van der Waals surface area (Å²) >= 11 is 0. The normalized spacial score (nSPS) is 12.3. The van der Waals surface area contributed by atoms with Gasteiger partial charge in [-0.25, -0.2) is 0 Å². The maximum absolute atomic E-state index is 5.61. The van der Waals surface area contributed by atoms with E-state index in [9.17, 15) is 0 Å². The lowest BCUT2D eigenvalue weighted by molar-refractivity contribution is -0.490. The van der Waals surface area contributed by atoms with E-state index < -0.39 is 0 Å². The first kappa shape index (κ1) is 26.7. The van der Waals surface area contributed by atoms with Crippen molar-refractivity contribution in [3.05, 3.63) is 54.8 Å². The molecular formula is C24H39NO6. The van der Waals surface area contributed by atoms with E-state index in [1.807, 2.05) is 19.1 Å². The van der Waals surface area contributed by atoms with Crippen molar-refractivity contribution < 1.29 is 29.0 Å². The molecule has 1 aromatic rings. The van der Waals surface area contributed by atoms with Crippen molar-refractivity contribution in [1.29, 1.82) is 0 Å². The van der Waals surface area contributed by atoms with Crippen molar-refractivity contribution >= 4 is 0 Å². The topological polar surface area (TPSA) is 81.4 Å². The summed E-state index contributed by atoms with van der Waals surface area (Å²) < 4.78 is 16.0. The fourth-order valence-electron chi connectivity index (χ4n) is 2.79. The highest BCUT2D eigenvalue weighted by atomic mass is 17.5. The molecule has 2 N–H and O–H groups in total. The van der Waals surface area contributed by atoms with Crippen LogP contribution in [0.3, 0.4) is 0 Å². The van der Waals surface area contributed by atoms with Crippen molar-refractivity contribution in [3.63, 3.8) is 0 Å². The van der Waals surface area contributed by atoms with Gasteiger partial charge in [-0.05, 0) is 42.5 Å². The van der Waals surface area contributed by atoms with Gasteiger partial charge in [0, 0.05) is 6.20 Å². The Kier molecular flexibility index (Phi) is 16.8. The van der Waals surface area contributed by atoms with Crippen molar-refractivity contribution in [3.8, 4) is 5.75 Å². The van der Waals surface area contributed by atoms with Crippen molar-refractivity contribution in [2.45, 2.75) is 71.3 Å². The Balaban J connectivity index is 1.97. The largest absolute Gasteiger partial charge is 0.494 e. The highest BCUT2D eigenvalue weighted by Gasteiger charge is 1.99. The smallest absolute Gasteiger partial charge is 0.167 e. The average molecular weight is 438 g/mol. The Morgan fingerprint density at radius 3 is 2.39 bits per heavy atom. The van der Waals surface area contributed by atoms with E-state index in [0.717, 1.165) is 12.2 Å². The summed E-state index contributed by atoms with van der Waals surface area (Å²) in [6, 6.07) is 8.22. The number of hydrogen-bond acceptors (Lipinski definition) is 7. The zero-order valence-electron chi connectivity index (χ0n) is 19.0. The fourth-order valence-corrected chi connectivity index (χ4v) is 2.79. The second-order valence-corrected chi connectivity index (χ2v) is 7.23. The van der Waals surface area contributed by atoms with Crippen LogP contribution >= 0.6 is 0 Å². The maximum atomic E-state index is 5.61. The maximum Gasteiger partial charge on any atom is 0.167 e. The standard InChI is InChI=1S/C24H39NO6/c1-3-4-5-6-7-8-9-10-23-11-13-24(14-12-23)28-18-20-30-31-29-19-17-26-21-22(2)27-16-15-25/h11-17,19,22H,3-10,18,20-21,25H2,1-2H3/b16-15+,19-17+. The fraction of sp³-hybridized carbons (Fsp3) is 0.583. The molecule has 1 aromatic carbocycles. The first-order valence-electron chi connectivity index (χ1n) is 11.2. The second kappa shape index (κ2) is 19.6. The minimum Gasteiger partial charge on any atom is -0.494 e. The minimum atomic E-state index is -0.131. The van der Waals surface area contributed by atoms with E-state index in [-0.39, 0.29) is 12.7 Å². The van der Waals surface area contributed by atoms with Gasteiger partial charge < -0.3 is 24.8 Å². The Bertz CT molecular complexity index is 576. The number of ether oxygens (including phenoxy) is 3. The molecule has 0 spiro atoms. The van der Waals surface area contributed by atoms with Crippen molar-refractivity contribution in [2.75, 3.05) is 19.8 Å². The number of nitrogens with two attached hydrogens (primary N) is 1. The summed E-state index contributed by atoms with van der Waals surface area (Å²) in [5.74, 6) is 0.807. The number of hydrogen-bond donors (Lipinski definition) is 1. The SMILES string of the molecule is CCCCCCCCCc1ccc(OCCOOO/C=C/OCC(C)O/C=C/N)cc1. The Morgan fingerprint density at radius 2 is 1.65 bits per heavy atom. The predicted octanol–water partition coefficient (Wildman–Crippen LogP) is 5.56. The van der Waals surface area contributed by atoms with Crippen LogP contribution in [0.2, 0.25) is 0 Å². The second-order valence-electron chi connectivity index (χ2n) is 7.23. The first-order valence-corrected chi connectivity index (χ1v) is 11.2. The minimum absolute atomic E-state index is 0.131. The monoisotopic (exact) mass is 437 g/mol. The summed E-state index contributed by atoms with van der Waals surface area (Å²) in [5, 5.41) is 4.54. The summed E-state index contributed by atoms with van der Waals surface area (Å²) in [7, 11) is 0. The molecule has 0 heterocycles. The number of aryl methyl sites for hydroxylation is 1. The summed E-state index contributed by atoms with van der Waals surface area (Å²) in [6.07, 6.45) is 15.6. The molecule has 0 radical (unpaired) electrons. The van der Waals surface area contributed by atoms with E-state index in [0.29, 0.717) is 13.2 Å². The molecule has 176 valence electrons. The number of rotatable bonds is 20. The van der Waals surface area contributed by atoms with Crippen molar-refractivity contribution in [2.24, 2.45) is 5.73 Å². The van der Waals surface area contributed by atoms with Gasteiger partial charge in [-0.1, -0.05) is 57.6 Å². The van der Waals surface area contributed by atoms with Crippen LogP contribution in [0, 0.1) is 0 Å². The van der Waals surface area contributed by atoms with Gasteiger partial charge in [0.05, 0.1) is 6.26 Å². The van der Waals surface area contributed by atoms with E-state index in [1.54, 1.807) is 0 Å². The van der Waals surface area contributed by atoms with Crippen LogP contribution in [0.5, 0.6) is 5.75 Å². The molecule has 0 amide bonds. The lowest BCUT2D eigenvalue weighted by Gasteiger charge is -2.09. The van der Waals surface area contributed by atoms with Gasteiger partial charge in [-0.2, -0.15) is 4.89 Å². The summed E-state index contributed by atoms with van der Waals surface area (Å²) in [4.78, 5) is 9.54. The van der Waals surface area contributed by atoms with Crippen LogP contribution in [-0.4, -0.2) is 25.9 Å². The summed E-state index contributed by atoms with van der Waals surface area (Å²) in [6.45, 7) is 5.02. The molecule has 7 nitrogen and oxygen atoms in total. The third kappa shape index (κ3) is 16.0. The average Bonchev–Trinajstić information content (AvgIpc) is 2.79. The van der Waals surface area contributed by atoms with Gasteiger partial charge >= 0.3 is 0 Å². The molecule has 0 aromatic heterocycles. The third-order valence-electron chi connectivity index (χ3n) is 4.44. The lowest BCUT2D eigenvalue weighted by atomic mass is 10.0. The molecule has 7 heteroatoms. The molecule has 0 bridgehead atoms. The molecule has 0 fully saturated rings. The van der Waals surface area contributed by atoms with Crippen LogP contribution in [-0.2, 0) is 30.7 Å². The van der Waals surface area contributed by atoms with Crippen LogP contribution in [0.15, 0.2) is 49.3 Å². The molecular weight excluding hydrogens is 398 g/mol. The predicted molar refractivity (Wildman–Crippen MR) is 121 cm³/mol. The molecule has 1 atom stereocenters. The van der Waals surface area contributed by atoms with Gasteiger partial charge in [0.1, 0.15) is 37.9 Å². The zero-order chi connectivity index (χ0) is 22.4. The van der Waals surface area contributed by atoms with E-state index >= 15 is 0 Å². The highest BCUT2D eigenvalue weighted by molar-refractivity contribution is 5.27. The van der Waals surface area contributed by atoms with E-state index in [2.05, 4.69) is 29.0 Å². The van der Waals surface area contributed by atoms with Gasteiger partial charge in [0.25, 0.3) is 0 Å². The van der Waals surface area contributed by atoms with Gasteiger partial charge in [-0.15, -0.1) is 0 Å². The Hall–Kier alpha value is -2.38. The summed E-state index contributed by atoms with van der Waals surface area (Å²) in [5.41, 5.74) is 6.52. The van der Waals surface area contributed by atoms with E-state index in [1.165, 1.54) is 75.5 Å². The lowest BCUT2D eigenvalue weighted by Crippen LogP contribution is -2.11. The van der Waals surface area contributed by atoms with Gasteiger partial charge in [0.2, 0.25) is 0 Å². The molecule has 31 heavy (non-hydrogen) atoms. The molecule has 1 rings (SSSR count). The highest BCUT2D eigenvalue weighted by Crippen LogP contribution is 2.15. The number of unbranched alkanes of at least 4 members (excludes halogenated alkanes) is 6. The Labute approximate surface area is 187 Å². The van der Waals surface area contributed by atoms with Crippen molar-refractivity contribution in [1.82, 2.24) is 0 Å². The van der Waals surface area contributed by atoms with Gasteiger partial charge in [0.15, 0.2) is 6.26 Å². The molecule has 1 unspecified atom stereocenters. The number of benzene rings is 1.